The van der Waals surface area contributed by atoms with Crippen LogP contribution in [0.3, 0.4) is 0 Å². The zero-order valence-corrected chi connectivity index (χ0v) is 17.0. The number of rotatable bonds is 15. The number of unbranched alkanes of at least 4 members (excludes halogenated alkanes) is 1. The summed E-state index contributed by atoms with van der Waals surface area (Å²) in [5, 5.41) is 7.19. The van der Waals surface area contributed by atoms with Crippen LogP contribution in [0.1, 0.15) is 59.3 Å². The third kappa shape index (κ3) is 11.5. The monoisotopic (exact) mass is 412 g/mol. The van der Waals surface area contributed by atoms with Crippen molar-refractivity contribution in [3.63, 3.8) is 0 Å². The van der Waals surface area contributed by atoms with Crippen LogP contribution < -0.4 is 0 Å². The lowest BCUT2D eigenvalue weighted by atomic mass is 9.98. The Morgan fingerprint density at radius 1 is 0.897 bits per heavy atom. The number of hydrogen-bond donors (Lipinski definition) is 0. The smallest absolute Gasteiger partial charge is 0.305 e. The number of hydrogen-bond acceptors (Lipinski definition) is 8. The molecular weight excluding hydrogens is 384 g/mol. The predicted octanol–water partition coefficient (Wildman–Crippen LogP) is 3.74. The minimum absolute atomic E-state index is 0.0965. The summed E-state index contributed by atoms with van der Waals surface area (Å²) >= 11 is 0. The van der Waals surface area contributed by atoms with Crippen LogP contribution in [0, 0.1) is 0 Å². The fraction of sp³-hybridized carbons (Fsp3) is 0.824. The van der Waals surface area contributed by atoms with Crippen molar-refractivity contribution in [1.29, 1.82) is 0 Å². The van der Waals surface area contributed by atoms with Crippen LogP contribution in [0.4, 0.5) is 0 Å². The number of carbonyl (C=O) groups is 3. The van der Waals surface area contributed by atoms with Crippen molar-refractivity contribution >= 4 is 17.9 Å². The van der Waals surface area contributed by atoms with Crippen LogP contribution in [-0.4, -0.2) is 49.3 Å². The average molecular weight is 412 g/mol. The Morgan fingerprint density at radius 3 is 2.10 bits per heavy atom. The number of carbonyl (C=O) groups excluding carboxylic acids is 3. The van der Waals surface area contributed by atoms with Gasteiger partial charge in [0, 0.05) is 29.1 Å². The first-order chi connectivity index (χ1) is 13.9. The van der Waals surface area contributed by atoms with Crippen molar-refractivity contribution in [3.05, 3.63) is 20.9 Å². The molecule has 0 bridgehead atoms. The van der Waals surface area contributed by atoms with E-state index in [4.69, 9.17) is 25.3 Å². The van der Waals surface area contributed by atoms with Crippen LogP contribution in [0.5, 0.6) is 0 Å². The van der Waals surface area contributed by atoms with E-state index in [1.165, 1.54) is 0 Å². The zero-order chi connectivity index (χ0) is 22.1. The van der Waals surface area contributed by atoms with E-state index >= 15 is 0 Å². The molecule has 0 aromatic heterocycles. The lowest BCUT2D eigenvalue weighted by Crippen LogP contribution is -2.40. The number of esters is 3. The second-order valence-electron chi connectivity index (χ2n) is 5.94. The summed E-state index contributed by atoms with van der Waals surface area (Å²) in [6.07, 6.45) is 0.707. The summed E-state index contributed by atoms with van der Waals surface area (Å²) in [5.41, 5.74) is 17.8. The third-order valence-corrected chi connectivity index (χ3v) is 3.86. The molecule has 29 heavy (non-hydrogen) atoms. The standard InChI is InChI=1S/C17H28N6O6/c1-4-14(24)28-11-12(20-22-18)17(21-23-19)13(29-15(25)5-2)9-7-8-10-16(26)27-6-3/h12-13,17H,4-11H2,1-3H3. The molecule has 0 saturated heterocycles. The molecule has 12 nitrogen and oxygen atoms in total. The Bertz CT molecular complexity index is 630. The summed E-state index contributed by atoms with van der Waals surface area (Å²) in [7, 11) is 0. The third-order valence-electron chi connectivity index (χ3n) is 3.86. The first-order valence-corrected chi connectivity index (χ1v) is 9.52. The van der Waals surface area contributed by atoms with Crippen molar-refractivity contribution in [2.45, 2.75) is 77.5 Å². The van der Waals surface area contributed by atoms with E-state index in [0.29, 0.717) is 19.4 Å². The van der Waals surface area contributed by atoms with Crippen LogP contribution in [0.15, 0.2) is 10.2 Å². The summed E-state index contributed by atoms with van der Waals surface area (Å²) in [4.78, 5) is 40.2. The summed E-state index contributed by atoms with van der Waals surface area (Å²) in [5.74, 6) is -1.37. The molecule has 0 aliphatic rings. The normalized spacial score (nSPS) is 13.1. The second kappa shape index (κ2) is 16.0. The van der Waals surface area contributed by atoms with E-state index in [9.17, 15) is 14.4 Å². The topological polar surface area (TPSA) is 176 Å². The Labute approximate surface area is 169 Å². The number of ether oxygens (including phenoxy) is 3. The van der Waals surface area contributed by atoms with Crippen molar-refractivity contribution in [1.82, 2.24) is 0 Å². The minimum atomic E-state index is -1.07. The Morgan fingerprint density at radius 2 is 1.55 bits per heavy atom. The highest BCUT2D eigenvalue weighted by Gasteiger charge is 2.32. The van der Waals surface area contributed by atoms with Crippen LogP contribution in [0.2, 0.25) is 0 Å². The van der Waals surface area contributed by atoms with Crippen molar-refractivity contribution in [3.8, 4) is 0 Å². The van der Waals surface area contributed by atoms with Gasteiger partial charge in [-0.25, -0.2) is 0 Å². The molecule has 0 radical (unpaired) electrons. The van der Waals surface area contributed by atoms with E-state index in [-0.39, 0.29) is 38.3 Å². The quantitative estimate of drug-likeness (QED) is 0.0987. The maximum absolute atomic E-state index is 11.8. The highest BCUT2D eigenvalue weighted by atomic mass is 16.5. The first-order valence-electron chi connectivity index (χ1n) is 9.52. The molecule has 0 N–H and O–H groups in total. The number of nitrogens with zero attached hydrogens (tertiary/aromatic N) is 6. The second-order valence-corrected chi connectivity index (χ2v) is 5.94. The molecule has 0 amide bonds. The van der Waals surface area contributed by atoms with Crippen molar-refractivity contribution < 1.29 is 28.6 Å². The fourth-order valence-corrected chi connectivity index (χ4v) is 2.41. The van der Waals surface area contributed by atoms with E-state index < -0.39 is 30.1 Å². The van der Waals surface area contributed by atoms with Crippen molar-refractivity contribution in [2.24, 2.45) is 10.2 Å². The van der Waals surface area contributed by atoms with Gasteiger partial charge < -0.3 is 14.2 Å². The maximum atomic E-state index is 11.8. The van der Waals surface area contributed by atoms with Gasteiger partial charge in [0.05, 0.1) is 18.7 Å². The van der Waals surface area contributed by atoms with E-state index in [1.807, 2.05) is 0 Å². The van der Waals surface area contributed by atoms with Gasteiger partial charge in [-0.2, -0.15) is 0 Å². The summed E-state index contributed by atoms with van der Waals surface area (Å²) < 4.78 is 15.3. The largest absolute Gasteiger partial charge is 0.466 e. The van der Waals surface area contributed by atoms with Crippen LogP contribution in [0.25, 0.3) is 20.9 Å². The molecule has 0 saturated carbocycles. The Kier molecular flexibility index (Phi) is 14.4. The highest BCUT2D eigenvalue weighted by molar-refractivity contribution is 5.69. The van der Waals surface area contributed by atoms with Crippen molar-refractivity contribution in [2.75, 3.05) is 13.2 Å². The lowest BCUT2D eigenvalue weighted by Gasteiger charge is -2.27. The van der Waals surface area contributed by atoms with Gasteiger partial charge in [-0.1, -0.05) is 24.1 Å². The average Bonchev–Trinajstić information content (AvgIpc) is 2.71. The maximum Gasteiger partial charge on any atom is 0.305 e. The zero-order valence-electron chi connectivity index (χ0n) is 17.0. The molecule has 0 aliphatic heterocycles. The molecule has 0 aromatic rings. The molecule has 162 valence electrons. The van der Waals surface area contributed by atoms with E-state index in [2.05, 4.69) is 20.1 Å². The van der Waals surface area contributed by atoms with E-state index in [1.54, 1.807) is 20.8 Å². The van der Waals surface area contributed by atoms with Gasteiger partial charge in [-0.15, -0.1) is 0 Å². The van der Waals surface area contributed by atoms with Crippen LogP contribution in [-0.2, 0) is 28.6 Å². The van der Waals surface area contributed by atoms with Crippen LogP contribution >= 0.6 is 0 Å². The molecule has 3 atom stereocenters. The Hall–Kier alpha value is -2.97. The van der Waals surface area contributed by atoms with Gasteiger partial charge in [0.15, 0.2) is 0 Å². The van der Waals surface area contributed by atoms with Gasteiger partial charge in [-0.05, 0) is 37.2 Å². The fourth-order valence-electron chi connectivity index (χ4n) is 2.41. The molecule has 0 fully saturated rings. The molecule has 3 unspecified atom stereocenters. The Balaban J connectivity index is 5.32. The molecule has 12 heteroatoms. The highest BCUT2D eigenvalue weighted by Crippen LogP contribution is 2.20. The molecule has 0 aromatic carbocycles. The minimum Gasteiger partial charge on any atom is -0.466 e. The molecule has 0 spiro atoms. The van der Waals surface area contributed by atoms with Gasteiger partial charge >= 0.3 is 17.9 Å². The summed E-state index contributed by atoms with van der Waals surface area (Å²) in [6, 6.07) is -2.12. The van der Waals surface area contributed by atoms with Gasteiger partial charge in [0.2, 0.25) is 0 Å². The summed E-state index contributed by atoms with van der Waals surface area (Å²) in [6.45, 7) is 4.90. The molecule has 0 aliphatic carbocycles. The van der Waals surface area contributed by atoms with E-state index in [0.717, 1.165) is 0 Å². The van der Waals surface area contributed by atoms with Gasteiger partial charge in [0.1, 0.15) is 12.7 Å². The SMILES string of the molecule is CCOC(=O)CCCCC(OC(=O)CC)C(N=[N+]=[N-])C(COC(=O)CC)N=[N+]=[N-]. The molecule has 0 rings (SSSR count). The predicted molar refractivity (Wildman–Crippen MR) is 102 cm³/mol. The van der Waals surface area contributed by atoms with Gasteiger partial charge in [0.25, 0.3) is 0 Å². The van der Waals surface area contributed by atoms with Gasteiger partial charge in [-0.3, -0.25) is 14.4 Å². The molecular formula is C17H28N6O6. The lowest BCUT2D eigenvalue weighted by molar-refractivity contribution is -0.152. The number of azide groups is 2. The first kappa shape index (κ1) is 26.0. The molecule has 0 heterocycles.